The summed E-state index contributed by atoms with van der Waals surface area (Å²) in [4.78, 5) is 30.7. The molecule has 0 radical (unpaired) electrons. The van der Waals surface area contributed by atoms with Crippen molar-refractivity contribution in [1.29, 1.82) is 0 Å². The summed E-state index contributed by atoms with van der Waals surface area (Å²) in [5, 5.41) is 2.56. The van der Waals surface area contributed by atoms with E-state index in [1.54, 1.807) is 0 Å². The van der Waals surface area contributed by atoms with Gasteiger partial charge in [0.1, 0.15) is 11.6 Å². The van der Waals surface area contributed by atoms with Crippen LogP contribution in [0.3, 0.4) is 0 Å². The van der Waals surface area contributed by atoms with Crippen molar-refractivity contribution in [1.82, 2.24) is 19.8 Å². The highest BCUT2D eigenvalue weighted by Gasteiger charge is 2.36. The number of aromatic nitrogens is 2. The lowest BCUT2D eigenvalue weighted by Crippen LogP contribution is -2.50. The number of piperazine rings is 2. The summed E-state index contributed by atoms with van der Waals surface area (Å²) in [6.45, 7) is 11.2. The fourth-order valence-corrected chi connectivity index (χ4v) is 5.61. The minimum absolute atomic E-state index is 0.0811. The van der Waals surface area contributed by atoms with Crippen LogP contribution in [0.15, 0.2) is 42.7 Å². The Labute approximate surface area is 253 Å². The van der Waals surface area contributed by atoms with E-state index in [0.717, 1.165) is 38.3 Å². The summed E-state index contributed by atoms with van der Waals surface area (Å²) in [7, 11) is 1.97. The first kappa shape index (κ1) is 31.6. The molecule has 2 fully saturated rings. The Balaban J connectivity index is 1.48. The summed E-state index contributed by atoms with van der Waals surface area (Å²) < 4.78 is 70.6. The number of rotatable bonds is 6. The number of alkyl halides is 3. The molecule has 44 heavy (non-hydrogen) atoms. The second kappa shape index (κ2) is 12.6. The quantitative estimate of drug-likeness (QED) is 0.374. The lowest BCUT2D eigenvalue weighted by Gasteiger charge is -2.39. The molecule has 0 saturated carbocycles. The standard InChI is InChI=1S/C31H36F5N7O/c1-19(2)41-9-11-42(12-10-41)30-37-16-21(17-38-30)24-14-27(28(15-26(24)33)43-8-7-40(4)20(3)18-43)39-29(44)23-6-5-22(32)13-25(23)31(34,35)36/h5-6,13-17,19-20H,7-12,18H2,1-4H3,(H,39,44)/t20-/m0/s1. The van der Waals surface area contributed by atoms with Crippen LogP contribution < -0.4 is 15.1 Å². The van der Waals surface area contributed by atoms with Gasteiger partial charge in [0.15, 0.2) is 0 Å². The molecular weight excluding hydrogens is 581 g/mol. The van der Waals surface area contributed by atoms with Gasteiger partial charge < -0.3 is 20.0 Å². The smallest absolute Gasteiger partial charge is 0.367 e. The Morgan fingerprint density at radius 1 is 0.955 bits per heavy atom. The maximum atomic E-state index is 15.7. The van der Waals surface area contributed by atoms with Gasteiger partial charge in [-0.2, -0.15) is 13.2 Å². The van der Waals surface area contributed by atoms with Gasteiger partial charge in [-0.15, -0.1) is 0 Å². The normalized spacial score (nSPS) is 18.6. The van der Waals surface area contributed by atoms with Crippen molar-refractivity contribution < 1.29 is 26.7 Å². The molecule has 5 rings (SSSR count). The molecule has 1 N–H and O–H groups in total. The second-order valence-electron chi connectivity index (χ2n) is 11.7. The van der Waals surface area contributed by atoms with E-state index in [9.17, 15) is 22.4 Å². The Bertz CT molecular complexity index is 1490. The third kappa shape index (κ3) is 6.78. The first-order valence-electron chi connectivity index (χ1n) is 14.6. The van der Waals surface area contributed by atoms with E-state index in [1.165, 1.54) is 24.5 Å². The summed E-state index contributed by atoms with van der Waals surface area (Å²) in [6, 6.07) is 5.09. The number of hydrogen-bond donors (Lipinski definition) is 1. The summed E-state index contributed by atoms with van der Waals surface area (Å²) in [6.07, 6.45) is -1.96. The lowest BCUT2D eigenvalue weighted by atomic mass is 10.0. The van der Waals surface area contributed by atoms with Gasteiger partial charge in [-0.25, -0.2) is 18.7 Å². The number of hydrogen-bond acceptors (Lipinski definition) is 7. The van der Waals surface area contributed by atoms with Crippen LogP contribution >= 0.6 is 0 Å². The third-order valence-electron chi connectivity index (χ3n) is 8.44. The minimum atomic E-state index is -4.96. The molecule has 1 atom stereocenters. The molecule has 1 amide bonds. The number of carbonyl (C=O) groups is 1. The van der Waals surface area contributed by atoms with Gasteiger partial charge >= 0.3 is 6.18 Å². The van der Waals surface area contributed by atoms with E-state index in [2.05, 4.69) is 43.8 Å². The number of nitrogens with one attached hydrogen (secondary N) is 1. The SMILES string of the molecule is CC(C)N1CCN(c2ncc(-c3cc(NC(=O)c4ccc(F)cc4C(F)(F)F)c(N4CCN(C)[C@@H](C)C4)cc3F)cn2)CC1. The maximum Gasteiger partial charge on any atom is 0.417 e. The number of likely N-dealkylation sites (N-methyl/N-ethyl adjacent to an activating group) is 1. The Hall–Kier alpha value is -3.84. The molecule has 2 aliphatic rings. The van der Waals surface area contributed by atoms with E-state index in [-0.39, 0.29) is 23.4 Å². The van der Waals surface area contributed by atoms with Crippen LogP contribution in [0.2, 0.25) is 0 Å². The van der Waals surface area contributed by atoms with Gasteiger partial charge in [-0.1, -0.05) is 0 Å². The summed E-state index contributed by atoms with van der Waals surface area (Å²) >= 11 is 0. The van der Waals surface area contributed by atoms with Crippen LogP contribution in [0.1, 0.15) is 36.7 Å². The van der Waals surface area contributed by atoms with Gasteiger partial charge in [0.2, 0.25) is 5.95 Å². The molecule has 8 nitrogen and oxygen atoms in total. The largest absolute Gasteiger partial charge is 0.417 e. The van der Waals surface area contributed by atoms with Gasteiger partial charge in [0.25, 0.3) is 5.91 Å². The molecule has 0 unspecified atom stereocenters. The van der Waals surface area contributed by atoms with Crippen LogP contribution in [-0.2, 0) is 6.18 Å². The maximum absolute atomic E-state index is 15.7. The van der Waals surface area contributed by atoms with Crippen molar-refractivity contribution in [3.63, 3.8) is 0 Å². The predicted molar refractivity (Wildman–Crippen MR) is 160 cm³/mol. The van der Waals surface area contributed by atoms with Gasteiger partial charge in [0.05, 0.1) is 22.5 Å². The molecule has 13 heteroatoms. The van der Waals surface area contributed by atoms with E-state index < -0.39 is 34.8 Å². The van der Waals surface area contributed by atoms with E-state index in [0.29, 0.717) is 42.9 Å². The lowest BCUT2D eigenvalue weighted by molar-refractivity contribution is -0.138. The highest BCUT2D eigenvalue weighted by Crippen LogP contribution is 2.37. The topological polar surface area (TPSA) is 67.8 Å². The third-order valence-corrected chi connectivity index (χ3v) is 8.44. The fourth-order valence-electron chi connectivity index (χ4n) is 5.61. The molecule has 3 heterocycles. The van der Waals surface area contributed by atoms with Crippen LogP contribution in [0.5, 0.6) is 0 Å². The number of halogens is 5. The predicted octanol–water partition coefficient (Wildman–Crippen LogP) is 5.36. The van der Waals surface area contributed by atoms with Crippen molar-refractivity contribution in [2.45, 2.75) is 39.0 Å². The first-order valence-corrected chi connectivity index (χ1v) is 14.6. The van der Waals surface area contributed by atoms with Crippen molar-refractivity contribution in [3.8, 4) is 11.1 Å². The van der Waals surface area contributed by atoms with Crippen molar-refractivity contribution in [2.24, 2.45) is 0 Å². The van der Waals surface area contributed by atoms with Gasteiger partial charge in [-0.3, -0.25) is 9.69 Å². The molecule has 0 aliphatic carbocycles. The Morgan fingerprint density at radius 2 is 1.61 bits per heavy atom. The van der Waals surface area contributed by atoms with Gasteiger partial charge in [0, 0.05) is 81.4 Å². The number of benzene rings is 2. The Morgan fingerprint density at radius 3 is 2.23 bits per heavy atom. The highest BCUT2D eigenvalue weighted by molar-refractivity contribution is 6.07. The van der Waals surface area contributed by atoms with Crippen molar-refractivity contribution in [3.05, 3.63) is 65.5 Å². The fraction of sp³-hybridized carbons (Fsp3) is 0.452. The van der Waals surface area contributed by atoms with Crippen molar-refractivity contribution >= 4 is 23.2 Å². The molecule has 1 aromatic heterocycles. The zero-order chi connectivity index (χ0) is 31.8. The zero-order valence-electron chi connectivity index (χ0n) is 25.1. The molecule has 3 aromatic rings. The molecule has 2 saturated heterocycles. The zero-order valence-corrected chi connectivity index (χ0v) is 25.1. The number of anilines is 3. The summed E-state index contributed by atoms with van der Waals surface area (Å²) in [5.41, 5.74) is -1.26. The number of amides is 1. The summed E-state index contributed by atoms with van der Waals surface area (Å²) in [5.74, 6) is -2.28. The second-order valence-corrected chi connectivity index (χ2v) is 11.7. The van der Waals surface area contributed by atoms with Crippen LogP contribution in [-0.4, -0.2) is 90.6 Å². The molecule has 0 spiro atoms. The van der Waals surface area contributed by atoms with E-state index >= 15 is 4.39 Å². The number of carbonyl (C=O) groups excluding carboxylic acids is 1. The van der Waals surface area contributed by atoms with Gasteiger partial charge in [-0.05, 0) is 58.2 Å². The first-order chi connectivity index (χ1) is 20.8. The highest BCUT2D eigenvalue weighted by atomic mass is 19.4. The molecule has 2 aliphatic heterocycles. The van der Waals surface area contributed by atoms with Crippen LogP contribution in [0.25, 0.3) is 11.1 Å². The molecular formula is C31H36F5N7O. The molecule has 0 bridgehead atoms. The van der Waals surface area contributed by atoms with E-state index in [4.69, 9.17) is 0 Å². The van der Waals surface area contributed by atoms with Crippen molar-refractivity contribution in [2.75, 3.05) is 68.0 Å². The van der Waals surface area contributed by atoms with Crippen LogP contribution in [0, 0.1) is 11.6 Å². The Kier molecular flexibility index (Phi) is 9.07. The number of nitrogens with zero attached hydrogens (tertiary/aromatic N) is 6. The van der Waals surface area contributed by atoms with E-state index in [1.807, 2.05) is 18.9 Å². The average Bonchev–Trinajstić information content (AvgIpc) is 2.99. The molecule has 236 valence electrons. The monoisotopic (exact) mass is 617 g/mol. The molecule has 2 aromatic carbocycles. The van der Waals surface area contributed by atoms with Crippen LogP contribution in [0.4, 0.5) is 39.3 Å². The average molecular weight is 618 g/mol. The minimum Gasteiger partial charge on any atom is -0.367 e.